The molecule has 1 aliphatic carbocycles. The molecule has 42 heavy (non-hydrogen) atoms. The van der Waals surface area contributed by atoms with Gasteiger partial charge in [0, 0.05) is 32.1 Å². The molecule has 1 saturated heterocycles. The molecule has 0 spiro atoms. The fourth-order valence-corrected chi connectivity index (χ4v) is 6.20. The van der Waals surface area contributed by atoms with Crippen molar-refractivity contribution in [3.8, 4) is 11.1 Å². The molecule has 0 radical (unpaired) electrons. The molecule has 1 aliphatic heterocycles. The molecule has 0 bridgehead atoms. The van der Waals surface area contributed by atoms with Gasteiger partial charge >= 0.3 is 12.1 Å². The third-order valence-corrected chi connectivity index (χ3v) is 8.57. The third kappa shape index (κ3) is 6.49. The van der Waals surface area contributed by atoms with Crippen LogP contribution in [0.1, 0.15) is 55.2 Å². The van der Waals surface area contributed by atoms with Gasteiger partial charge in [0.25, 0.3) is 0 Å². The molecular formula is C34H39N3O5. The number of hydrogen-bond acceptors (Lipinski definition) is 5. The summed E-state index contributed by atoms with van der Waals surface area (Å²) in [6.07, 6.45) is 1.28. The molecule has 3 N–H and O–H groups in total. The Hall–Kier alpha value is -4.17. The summed E-state index contributed by atoms with van der Waals surface area (Å²) in [4.78, 5) is 40.7. The van der Waals surface area contributed by atoms with Crippen molar-refractivity contribution in [2.75, 3.05) is 26.2 Å². The highest BCUT2D eigenvalue weighted by Crippen LogP contribution is 2.44. The van der Waals surface area contributed by atoms with E-state index in [0.717, 1.165) is 35.2 Å². The number of nitrogens with zero attached hydrogens (tertiary/aromatic N) is 1. The van der Waals surface area contributed by atoms with Gasteiger partial charge in [-0.1, -0.05) is 92.2 Å². The van der Waals surface area contributed by atoms with Gasteiger partial charge in [0.1, 0.15) is 12.1 Å². The molecule has 1 heterocycles. The van der Waals surface area contributed by atoms with Crippen LogP contribution in [0.5, 0.6) is 0 Å². The molecular weight excluding hydrogens is 530 g/mol. The Kier molecular flexibility index (Phi) is 9.22. The van der Waals surface area contributed by atoms with Crippen LogP contribution in [0, 0.1) is 5.92 Å². The van der Waals surface area contributed by atoms with Crippen molar-refractivity contribution in [1.82, 2.24) is 15.5 Å². The molecule has 1 fully saturated rings. The van der Waals surface area contributed by atoms with Crippen molar-refractivity contribution in [3.05, 3.63) is 95.6 Å². The molecule has 2 amide bonds. The van der Waals surface area contributed by atoms with E-state index in [2.05, 4.69) is 51.9 Å². The van der Waals surface area contributed by atoms with E-state index in [4.69, 9.17) is 4.74 Å². The highest BCUT2D eigenvalue weighted by molar-refractivity contribution is 5.88. The maximum Gasteiger partial charge on any atom is 0.407 e. The summed E-state index contributed by atoms with van der Waals surface area (Å²) >= 11 is 0. The van der Waals surface area contributed by atoms with Gasteiger partial charge in [0.15, 0.2) is 0 Å². The molecule has 8 nitrogen and oxygen atoms in total. The number of carbonyl (C=O) groups is 3. The smallest absolute Gasteiger partial charge is 0.407 e. The minimum absolute atomic E-state index is 0.0546. The summed E-state index contributed by atoms with van der Waals surface area (Å²) in [6.45, 7) is 4.10. The molecule has 220 valence electrons. The van der Waals surface area contributed by atoms with Crippen LogP contribution in [-0.2, 0) is 20.9 Å². The first kappa shape index (κ1) is 29.3. The van der Waals surface area contributed by atoms with Gasteiger partial charge in [-0.25, -0.2) is 9.59 Å². The lowest BCUT2D eigenvalue weighted by Crippen LogP contribution is -2.61. The number of benzene rings is 3. The Morgan fingerprint density at radius 3 is 2.12 bits per heavy atom. The van der Waals surface area contributed by atoms with Crippen LogP contribution in [0.15, 0.2) is 78.9 Å². The zero-order valence-corrected chi connectivity index (χ0v) is 24.1. The van der Waals surface area contributed by atoms with E-state index in [1.165, 1.54) is 5.56 Å². The first-order chi connectivity index (χ1) is 20.4. The van der Waals surface area contributed by atoms with Gasteiger partial charge in [-0.15, -0.1) is 0 Å². The van der Waals surface area contributed by atoms with Gasteiger partial charge in [0.05, 0.1) is 5.92 Å². The number of piperidine rings is 1. The number of likely N-dealkylation sites (tertiary alicyclic amines) is 1. The van der Waals surface area contributed by atoms with Crippen molar-refractivity contribution in [2.24, 2.45) is 5.92 Å². The van der Waals surface area contributed by atoms with Crippen LogP contribution >= 0.6 is 0 Å². The largest absolute Gasteiger partial charge is 0.480 e. The van der Waals surface area contributed by atoms with Crippen molar-refractivity contribution >= 4 is 18.0 Å². The van der Waals surface area contributed by atoms with E-state index in [0.29, 0.717) is 32.4 Å². The fourth-order valence-electron chi connectivity index (χ4n) is 6.20. The lowest BCUT2D eigenvalue weighted by molar-refractivity contribution is -0.150. The number of ether oxygens (including phenoxy) is 1. The van der Waals surface area contributed by atoms with E-state index in [9.17, 15) is 19.5 Å². The van der Waals surface area contributed by atoms with Crippen LogP contribution in [-0.4, -0.2) is 59.8 Å². The van der Waals surface area contributed by atoms with E-state index < -0.39 is 23.5 Å². The lowest BCUT2D eigenvalue weighted by Gasteiger charge is -2.40. The number of alkyl carbamates (subject to hydrolysis) is 1. The monoisotopic (exact) mass is 569 g/mol. The number of amides is 2. The first-order valence-electron chi connectivity index (χ1n) is 14.8. The Balaban J connectivity index is 1.15. The predicted molar refractivity (Wildman–Crippen MR) is 161 cm³/mol. The number of nitrogens with one attached hydrogen (secondary N) is 2. The number of carbonyl (C=O) groups excluding carboxylic acids is 2. The molecule has 3 aromatic carbocycles. The Morgan fingerprint density at radius 2 is 1.52 bits per heavy atom. The van der Waals surface area contributed by atoms with E-state index in [-0.39, 0.29) is 25.0 Å². The SMILES string of the molecule is CCCC(CNC(=O)OCC1c2ccccc2-c2ccccc21)C(=O)NC1(C(=O)O)CCN(Cc2ccccc2)CC1. The van der Waals surface area contributed by atoms with E-state index >= 15 is 0 Å². The summed E-state index contributed by atoms with van der Waals surface area (Å²) in [5.41, 5.74) is 4.42. The molecule has 1 atom stereocenters. The summed E-state index contributed by atoms with van der Waals surface area (Å²) in [5, 5.41) is 15.8. The minimum Gasteiger partial charge on any atom is -0.480 e. The zero-order valence-electron chi connectivity index (χ0n) is 24.1. The second-order valence-corrected chi connectivity index (χ2v) is 11.3. The molecule has 8 heteroatoms. The van der Waals surface area contributed by atoms with Gasteiger partial charge < -0.3 is 20.5 Å². The number of hydrogen-bond donors (Lipinski definition) is 3. The highest BCUT2D eigenvalue weighted by atomic mass is 16.5. The maximum absolute atomic E-state index is 13.4. The van der Waals surface area contributed by atoms with Crippen LogP contribution < -0.4 is 10.6 Å². The van der Waals surface area contributed by atoms with Crippen molar-refractivity contribution in [1.29, 1.82) is 0 Å². The van der Waals surface area contributed by atoms with Gasteiger partial charge in [-0.05, 0) is 47.1 Å². The third-order valence-electron chi connectivity index (χ3n) is 8.57. The Bertz CT molecular complexity index is 1360. The maximum atomic E-state index is 13.4. The highest BCUT2D eigenvalue weighted by Gasteiger charge is 2.43. The number of carboxylic acids is 1. The second kappa shape index (κ2) is 13.2. The van der Waals surface area contributed by atoms with Gasteiger partial charge in [-0.3, -0.25) is 9.69 Å². The number of rotatable bonds is 11. The average Bonchev–Trinajstić information content (AvgIpc) is 3.33. The molecule has 3 aromatic rings. The molecule has 2 aliphatic rings. The van der Waals surface area contributed by atoms with Crippen LogP contribution in [0.4, 0.5) is 4.79 Å². The van der Waals surface area contributed by atoms with Crippen molar-refractivity contribution in [3.63, 3.8) is 0 Å². The zero-order chi connectivity index (χ0) is 29.5. The topological polar surface area (TPSA) is 108 Å². The first-order valence-corrected chi connectivity index (χ1v) is 14.8. The summed E-state index contributed by atoms with van der Waals surface area (Å²) in [5.74, 6) is -1.99. The average molecular weight is 570 g/mol. The normalized spacial score (nSPS) is 16.6. The predicted octanol–water partition coefficient (Wildman–Crippen LogP) is 5.18. The van der Waals surface area contributed by atoms with Crippen molar-refractivity contribution in [2.45, 2.75) is 50.6 Å². The molecule has 0 saturated carbocycles. The number of carboxylic acid groups (broad SMARTS) is 1. The number of aliphatic carboxylic acids is 1. The fraction of sp³-hybridized carbons (Fsp3) is 0.382. The van der Waals surface area contributed by atoms with E-state index in [1.54, 1.807) is 0 Å². The summed E-state index contributed by atoms with van der Waals surface area (Å²) < 4.78 is 5.64. The van der Waals surface area contributed by atoms with Crippen molar-refractivity contribution < 1.29 is 24.2 Å². The van der Waals surface area contributed by atoms with Crippen LogP contribution in [0.25, 0.3) is 11.1 Å². The lowest BCUT2D eigenvalue weighted by atomic mass is 9.86. The molecule has 0 aromatic heterocycles. The van der Waals surface area contributed by atoms with Crippen LogP contribution in [0.2, 0.25) is 0 Å². The summed E-state index contributed by atoms with van der Waals surface area (Å²) in [7, 11) is 0. The molecule has 5 rings (SSSR count). The Morgan fingerprint density at radius 1 is 0.929 bits per heavy atom. The van der Waals surface area contributed by atoms with E-state index in [1.807, 2.05) is 49.4 Å². The number of fused-ring (bicyclic) bond motifs is 3. The quantitative estimate of drug-likeness (QED) is 0.294. The van der Waals surface area contributed by atoms with Gasteiger partial charge in [-0.2, -0.15) is 0 Å². The Labute approximate surface area is 247 Å². The second-order valence-electron chi connectivity index (χ2n) is 11.3. The summed E-state index contributed by atoms with van der Waals surface area (Å²) in [6, 6.07) is 26.3. The van der Waals surface area contributed by atoms with Crippen LogP contribution in [0.3, 0.4) is 0 Å². The standard InChI is InChI=1S/C34H39N3O5/c1-2-10-25(31(38)36-34(32(39)40)17-19-37(20-18-34)22-24-11-4-3-5-12-24)21-35-33(41)42-23-30-28-15-8-6-13-26(28)27-14-7-9-16-29(27)30/h3-9,11-16,25,30H,2,10,17-23H2,1H3,(H,35,41)(H,36,38)(H,39,40). The van der Waals surface area contributed by atoms with Gasteiger partial charge in [0.2, 0.25) is 5.91 Å². The molecule has 1 unspecified atom stereocenters. The minimum atomic E-state index is -1.32.